The zero-order chi connectivity index (χ0) is 27.1. The van der Waals surface area contributed by atoms with E-state index in [9.17, 15) is 45.6 Å². The zero-order valence-electron chi connectivity index (χ0n) is 20.2. The van der Waals surface area contributed by atoms with Crippen molar-refractivity contribution in [3.8, 4) is 0 Å². The molecule has 2 aliphatic rings. The first kappa shape index (κ1) is 29.6. The van der Waals surface area contributed by atoms with Gasteiger partial charge in [-0.1, -0.05) is 0 Å². The minimum atomic E-state index is -1.81. The third-order valence-corrected chi connectivity index (χ3v) is 6.49. The Kier molecular flexibility index (Phi) is 11.0. The lowest BCUT2D eigenvalue weighted by Crippen LogP contribution is -2.61. The van der Waals surface area contributed by atoms with Gasteiger partial charge < -0.3 is 65.9 Å². The van der Waals surface area contributed by atoms with Gasteiger partial charge >= 0.3 is 0 Å². The van der Waals surface area contributed by atoms with E-state index in [0.29, 0.717) is 24.3 Å². The van der Waals surface area contributed by atoms with Crippen LogP contribution >= 0.6 is 0 Å². The van der Waals surface area contributed by atoms with Gasteiger partial charge in [0.1, 0.15) is 42.7 Å². The molecular formula is C23H37N3O11. The summed E-state index contributed by atoms with van der Waals surface area (Å²) < 4.78 is 10.6. The molecule has 0 aliphatic carbocycles. The molecule has 14 nitrogen and oxygen atoms in total. The summed E-state index contributed by atoms with van der Waals surface area (Å²) in [4.78, 5) is 14.3. The number of aliphatic hydroxyl groups is 8. The molecule has 0 saturated carbocycles. The number of ether oxygens (including phenoxy) is 2. The molecule has 1 aromatic carbocycles. The van der Waals surface area contributed by atoms with Crippen molar-refractivity contribution >= 4 is 11.6 Å². The zero-order valence-corrected chi connectivity index (χ0v) is 20.2. The van der Waals surface area contributed by atoms with Gasteiger partial charge in [-0.15, -0.1) is 0 Å². The number of benzene rings is 1. The standard InChI is InChI=1S/C23H37N3O11/c27-10-15(30)21(37-23-20(34)19(33)18(32)16(11-28)36-23)17(31)14(29)9-25-13-3-1-12(2-4-13)22(35)26-7-5-24-6-8-26/h1-4,14-21,23-25,27-34H,5-11H2. The maximum absolute atomic E-state index is 12.6. The minimum Gasteiger partial charge on any atom is -0.394 e. The Morgan fingerprint density at radius 3 is 2.27 bits per heavy atom. The van der Waals surface area contributed by atoms with Gasteiger partial charge in [-0.3, -0.25) is 4.79 Å². The third kappa shape index (κ3) is 7.34. The van der Waals surface area contributed by atoms with Crippen LogP contribution in [0.15, 0.2) is 24.3 Å². The van der Waals surface area contributed by atoms with E-state index in [2.05, 4.69) is 10.6 Å². The molecule has 0 aromatic heterocycles. The van der Waals surface area contributed by atoms with Crippen molar-refractivity contribution in [1.82, 2.24) is 10.2 Å². The summed E-state index contributed by atoms with van der Waals surface area (Å²) in [7, 11) is 0. The largest absolute Gasteiger partial charge is 0.394 e. The molecule has 10 N–H and O–H groups in total. The molecule has 0 radical (unpaired) electrons. The topological polar surface area (TPSA) is 225 Å². The SMILES string of the molecule is O=C(c1ccc(NCC(O)C(O)C(OC2OC(CO)C(O)C(O)C2O)C(O)CO)cc1)N1CCNCC1. The quantitative estimate of drug-likeness (QED) is 0.130. The van der Waals surface area contributed by atoms with E-state index in [1.165, 1.54) is 0 Å². The maximum Gasteiger partial charge on any atom is 0.253 e. The molecular weight excluding hydrogens is 494 g/mol. The molecule has 3 rings (SSSR count). The second kappa shape index (κ2) is 13.7. The van der Waals surface area contributed by atoms with Crippen LogP contribution in [0, 0.1) is 0 Å². The fraction of sp³-hybridized carbons (Fsp3) is 0.696. The lowest BCUT2D eigenvalue weighted by Gasteiger charge is -2.42. The number of anilines is 1. The van der Waals surface area contributed by atoms with Crippen LogP contribution in [0.1, 0.15) is 10.4 Å². The van der Waals surface area contributed by atoms with Crippen molar-refractivity contribution in [2.24, 2.45) is 0 Å². The molecule has 2 fully saturated rings. The Balaban J connectivity index is 1.59. The molecule has 2 saturated heterocycles. The van der Waals surface area contributed by atoms with E-state index in [-0.39, 0.29) is 12.5 Å². The predicted octanol–water partition coefficient (Wildman–Crippen LogP) is -4.60. The summed E-state index contributed by atoms with van der Waals surface area (Å²) in [5, 5.41) is 86.1. The molecule has 1 amide bonds. The van der Waals surface area contributed by atoms with Gasteiger partial charge in [0.15, 0.2) is 6.29 Å². The van der Waals surface area contributed by atoms with Gasteiger partial charge in [0, 0.05) is 44.0 Å². The van der Waals surface area contributed by atoms with Crippen LogP contribution in [0.3, 0.4) is 0 Å². The molecule has 0 bridgehead atoms. The highest BCUT2D eigenvalue weighted by atomic mass is 16.7. The number of amides is 1. The average molecular weight is 532 g/mol. The highest BCUT2D eigenvalue weighted by Crippen LogP contribution is 2.25. The number of aliphatic hydroxyl groups excluding tert-OH is 8. The van der Waals surface area contributed by atoms with Crippen molar-refractivity contribution in [2.75, 3.05) is 51.3 Å². The van der Waals surface area contributed by atoms with Crippen LogP contribution in [0.25, 0.3) is 0 Å². The molecule has 2 heterocycles. The summed E-state index contributed by atoms with van der Waals surface area (Å²) in [6.07, 6.45) is -14.9. The predicted molar refractivity (Wildman–Crippen MR) is 127 cm³/mol. The van der Waals surface area contributed by atoms with Crippen molar-refractivity contribution in [2.45, 2.75) is 55.1 Å². The van der Waals surface area contributed by atoms with Crippen molar-refractivity contribution in [3.05, 3.63) is 29.8 Å². The van der Waals surface area contributed by atoms with Gasteiger partial charge in [0.25, 0.3) is 5.91 Å². The van der Waals surface area contributed by atoms with Crippen LogP contribution < -0.4 is 10.6 Å². The summed E-state index contributed by atoms with van der Waals surface area (Å²) >= 11 is 0. The van der Waals surface area contributed by atoms with Crippen LogP contribution in [-0.4, -0.2) is 153 Å². The second-order valence-corrected chi connectivity index (χ2v) is 9.11. The average Bonchev–Trinajstić information content (AvgIpc) is 2.94. The lowest BCUT2D eigenvalue weighted by molar-refractivity contribution is -0.326. The fourth-order valence-corrected chi connectivity index (χ4v) is 4.18. The molecule has 210 valence electrons. The van der Waals surface area contributed by atoms with Crippen molar-refractivity contribution in [1.29, 1.82) is 0 Å². The maximum atomic E-state index is 12.6. The number of carbonyl (C=O) groups is 1. The summed E-state index contributed by atoms with van der Waals surface area (Å²) in [6, 6.07) is 6.55. The Labute approximate surface area is 213 Å². The molecule has 0 spiro atoms. The molecule has 1 aromatic rings. The van der Waals surface area contributed by atoms with Crippen LogP contribution in [0.5, 0.6) is 0 Å². The van der Waals surface area contributed by atoms with Crippen LogP contribution in [0.4, 0.5) is 5.69 Å². The summed E-state index contributed by atoms with van der Waals surface area (Å²) in [5.74, 6) is -0.0883. The number of hydrogen-bond donors (Lipinski definition) is 10. The lowest BCUT2D eigenvalue weighted by atomic mass is 9.98. The molecule has 9 atom stereocenters. The van der Waals surface area contributed by atoms with Gasteiger partial charge in [-0.2, -0.15) is 0 Å². The fourth-order valence-electron chi connectivity index (χ4n) is 4.18. The van der Waals surface area contributed by atoms with Gasteiger partial charge in [-0.05, 0) is 24.3 Å². The first-order valence-electron chi connectivity index (χ1n) is 12.1. The minimum absolute atomic E-state index is 0.0883. The number of carbonyl (C=O) groups excluding carboxylic acids is 1. The molecule has 37 heavy (non-hydrogen) atoms. The monoisotopic (exact) mass is 531 g/mol. The van der Waals surface area contributed by atoms with Crippen molar-refractivity contribution in [3.63, 3.8) is 0 Å². The van der Waals surface area contributed by atoms with E-state index in [1.54, 1.807) is 29.2 Å². The van der Waals surface area contributed by atoms with E-state index in [1.807, 2.05) is 0 Å². The molecule has 14 heteroatoms. The van der Waals surface area contributed by atoms with Gasteiger partial charge in [-0.25, -0.2) is 0 Å². The molecule has 9 unspecified atom stereocenters. The number of piperazine rings is 1. The highest BCUT2D eigenvalue weighted by Gasteiger charge is 2.46. The van der Waals surface area contributed by atoms with E-state index >= 15 is 0 Å². The first-order valence-corrected chi connectivity index (χ1v) is 12.1. The summed E-state index contributed by atoms with van der Waals surface area (Å²) in [5.41, 5.74) is 1.05. The Morgan fingerprint density at radius 2 is 1.68 bits per heavy atom. The molecule has 2 aliphatic heterocycles. The Bertz CT molecular complexity index is 840. The third-order valence-electron chi connectivity index (χ3n) is 6.49. The first-order chi connectivity index (χ1) is 17.7. The smallest absolute Gasteiger partial charge is 0.253 e. The van der Waals surface area contributed by atoms with Gasteiger partial charge in [0.2, 0.25) is 0 Å². The highest BCUT2D eigenvalue weighted by molar-refractivity contribution is 5.94. The van der Waals surface area contributed by atoms with E-state index in [0.717, 1.165) is 13.1 Å². The van der Waals surface area contributed by atoms with Crippen LogP contribution in [0.2, 0.25) is 0 Å². The van der Waals surface area contributed by atoms with E-state index in [4.69, 9.17) is 9.47 Å². The Hall–Kier alpha value is -1.95. The number of hydrogen-bond acceptors (Lipinski definition) is 13. The number of rotatable bonds is 11. The normalized spacial score (nSPS) is 29.8. The summed E-state index contributed by atoms with van der Waals surface area (Å²) in [6.45, 7) is 0.896. The van der Waals surface area contributed by atoms with Gasteiger partial charge in [0.05, 0.1) is 19.3 Å². The Morgan fingerprint density at radius 1 is 1.03 bits per heavy atom. The second-order valence-electron chi connectivity index (χ2n) is 9.11. The van der Waals surface area contributed by atoms with Crippen molar-refractivity contribution < 1.29 is 55.1 Å². The number of nitrogens with zero attached hydrogens (tertiary/aromatic N) is 1. The van der Waals surface area contributed by atoms with Crippen LogP contribution in [-0.2, 0) is 9.47 Å². The number of nitrogens with one attached hydrogen (secondary N) is 2. The van der Waals surface area contributed by atoms with E-state index < -0.39 is 68.3 Å².